The van der Waals surface area contributed by atoms with E-state index >= 15 is 0 Å². The Kier molecular flexibility index (Phi) is 4.48. The van der Waals surface area contributed by atoms with Gasteiger partial charge in [0, 0.05) is 12.1 Å². The maximum absolute atomic E-state index is 12.6. The predicted octanol–water partition coefficient (Wildman–Crippen LogP) is 2.51. The van der Waals surface area contributed by atoms with E-state index in [1.165, 1.54) is 0 Å². The Bertz CT molecular complexity index is 822. The molecular formula is C20H20N2O4. The van der Waals surface area contributed by atoms with Crippen LogP contribution in [0.2, 0.25) is 0 Å². The minimum atomic E-state index is -0.299. The van der Waals surface area contributed by atoms with Gasteiger partial charge in [0.1, 0.15) is 0 Å². The first kappa shape index (κ1) is 16.4. The summed E-state index contributed by atoms with van der Waals surface area (Å²) >= 11 is 0. The van der Waals surface area contributed by atoms with E-state index in [2.05, 4.69) is 5.32 Å². The number of nitrogens with zero attached hydrogens (tertiary/aromatic N) is 1. The number of amides is 2. The van der Waals surface area contributed by atoms with Crippen molar-refractivity contribution in [2.45, 2.75) is 18.9 Å². The van der Waals surface area contributed by atoms with Crippen LogP contribution in [0.1, 0.15) is 34.8 Å². The quantitative estimate of drug-likeness (QED) is 0.918. The first-order valence-electron chi connectivity index (χ1n) is 8.74. The lowest BCUT2D eigenvalue weighted by atomic mass is 10.0. The molecule has 2 aliphatic rings. The Morgan fingerprint density at radius 3 is 2.73 bits per heavy atom. The molecular weight excluding hydrogens is 332 g/mol. The number of hydrogen-bond donors (Lipinski definition) is 1. The van der Waals surface area contributed by atoms with Crippen LogP contribution in [0, 0.1) is 0 Å². The van der Waals surface area contributed by atoms with Gasteiger partial charge in [0.25, 0.3) is 5.91 Å². The van der Waals surface area contributed by atoms with Gasteiger partial charge in [-0.25, -0.2) is 0 Å². The van der Waals surface area contributed by atoms with Crippen molar-refractivity contribution < 1.29 is 19.1 Å². The average molecular weight is 352 g/mol. The van der Waals surface area contributed by atoms with Crippen molar-refractivity contribution >= 4 is 11.8 Å². The minimum absolute atomic E-state index is 0.0173. The molecule has 2 aromatic carbocycles. The van der Waals surface area contributed by atoms with Crippen LogP contribution in [-0.2, 0) is 4.79 Å². The SMILES string of the molecule is O=C(NCC(=O)N1CCC[C@@H]1c1ccccc1)c1ccc2c(c1)OCO2. The fraction of sp³-hybridized carbons (Fsp3) is 0.300. The number of benzene rings is 2. The molecule has 2 amide bonds. The number of carbonyl (C=O) groups is 2. The molecule has 1 saturated heterocycles. The Hall–Kier alpha value is -3.02. The number of nitrogens with one attached hydrogen (secondary N) is 1. The van der Waals surface area contributed by atoms with Gasteiger partial charge in [-0.05, 0) is 36.6 Å². The molecule has 6 nitrogen and oxygen atoms in total. The molecule has 4 rings (SSSR count). The van der Waals surface area contributed by atoms with Crippen LogP contribution < -0.4 is 14.8 Å². The highest BCUT2D eigenvalue weighted by atomic mass is 16.7. The van der Waals surface area contributed by atoms with E-state index in [4.69, 9.17) is 9.47 Å². The van der Waals surface area contributed by atoms with Gasteiger partial charge in [0.2, 0.25) is 12.7 Å². The smallest absolute Gasteiger partial charge is 0.251 e. The molecule has 134 valence electrons. The molecule has 2 aliphatic heterocycles. The Morgan fingerprint density at radius 1 is 1.08 bits per heavy atom. The molecule has 1 N–H and O–H groups in total. The topological polar surface area (TPSA) is 67.9 Å². The van der Waals surface area contributed by atoms with Gasteiger partial charge < -0.3 is 19.7 Å². The van der Waals surface area contributed by atoms with E-state index in [9.17, 15) is 9.59 Å². The van der Waals surface area contributed by atoms with E-state index in [0.29, 0.717) is 17.1 Å². The Morgan fingerprint density at radius 2 is 1.88 bits per heavy atom. The second-order valence-corrected chi connectivity index (χ2v) is 6.41. The summed E-state index contributed by atoms with van der Waals surface area (Å²) < 4.78 is 10.5. The molecule has 0 aliphatic carbocycles. The zero-order valence-corrected chi connectivity index (χ0v) is 14.3. The summed E-state index contributed by atoms with van der Waals surface area (Å²) in [6.45, 7) is 0.865. The fourth-order valence-corrected chi connectivity index (χ4v) is 3.48. The molecule has 1 fully saturated rings. The lowest BCUT2D eigenvalue weighted by Gasteiger charge is -2.25. The van der Waals surface area contributed by atoms with Crippen molar-refractivity contribution in [3.8, 4) is 11.5 Å². The third kappa shape index (κ3) is 3.22. The van der Waals surface area contributed by atoms with Crippen LogP contribution in [-0.4, -0.2) is 36.6 Å². The van der Waals surface area contributed by atoms with Gasteiger partial charge in [-0.1, -0.05) is 30.3 Å². The van der Waals surface area contributed by atoms with Crippen molar-refractivity contribution in [3.05, 3.63) is 59.7 Å². The van der Waals surface area contributed by atoms with E-state index in [1.807, 2.05) is 35.2 Å². The minimum Gasteiger partial charge on any atom is -0.454 e. The lowest BCUT2D eigenvalue weighted by molar-refractivity contribution is -0.131. The van der Waals surface area contributed by atoms with E-state index in [-0.39, 0.29) is 31.2 Å². The molecule has 0 bridgehead atoms. The van der Waals surface area contributed by atoms with Gasteiger partial charge in [0.15, 0.2) is 11.5 Å². The number of fused-ring (bicyclic) bond motifs is 1. The van der Waals surface area contributed by atoms with E-state index < -0.39 is 0 Å². The first-order valence-corrected chi connectivity index (χ1v) is 8.74. The molecule has 2 heterocycles. The standard InChI is InChI=1S/C20H20N2O4/c23-19(22-10-4-7-16(22)14-5-2-1-3-6-14)12-21-20(24)15-8-9-17-18(11-15)26-13-25-17/h1-3,5-6,8-9,11,16H,4,7,10,12-13H2,(H,21,24)/t16-/m1/s1. The van der Waals surface area contributed by atoms with Crippen LogP contribution in [0.3, 0.4) is 0 Å². The van der Waals surface area contributed by atoms with Crippen LogP contribution in [0.4, 0.5) is 0 Å². The monoisotopic (exact) mass is 352 g/mol. The summed E-state index contributed by atoms with van der Waals surface area (Å²) in [5.41, 5.74) is 1.59. The molecule has 6 heteroatoms. The summed E-state index contributed by atoms with van der Waals surface area (Å²) in [7, 11) is 0. The normalized spacial score (nSPS) is 18.0. The summed E-state index contributed by atoms with van der Waals surface area (Å²) in [6, 6.07) is 15.1. The summed E-state index contributed by atoms with van der Waals surface area (Å²) in [6.07, 6.45) is 1.92. The van der Waals surface area contributed by atoms with Gasteiger partial charge in [-0.15, -0.1) is 0 Å². The molecule has 0 unspecified atom stereocenters. The highest BCUT2D eigenvalue weighted by molar-refractivity contribution is 5.97. The predicted molar refractivity (Wildman–Crippen MR) is 95.0 cm³/mol. The second kappa shape index (κ2) is 7.07. The molecule has 2 aromatic rings. The van der Waals surface area contributed by atoms with Gasteiger partial charge in [-0.3, -0.25) is 9.59 Å². The molecule has 1 atom stereocenters. The van der Waals surface area contributed by atoms with Crippen molar-refractivity contribution in [2.24, 2.45) is 0 Å². The fourth-order valence-electron chi connectivity index (χ4n) is 3.48. The van der Waals surface area contributed by atoms with E-state index in [0.717, 1.165) is 24.9 Å². The van der Waals surface area contributed by atoms with Crippen LogP contribution in [0.25, 0.3) is 0 Å². The van der Waals surface area contributed by atoms with Gasteiger partial charge >= 0.3 is 0 Å². The van der Waals surface area contributed by atoms with Crippen LogP contribution >= 0.6 is 0 Å². The number of likely N-dealkylation sites (tertiary alicyclic amines) is 1. The van der Waals surface area contributed by atoms with Crippen molar-refractivity contribution in [1.29, 1.82) is 0 Å². The van der Waals surface area contributed by atoms with Gasteiger partial charge in [0.05, 0.1) is 12.6 Å². The van der Waals surface area contributed by atoms with Crippen LogP contribution in [0.15, 0.2) is 48.5 Å². The molecule has 26 heavy (non-hydrogen) atoms. The Labute approximate surface area is 151 Å². The second-order valence-electron chi connectivity index (χ2n) is 6.41. The summed E-state index contributed by atoms with van der Waals surface area (Å²) in [5.74, 6) is 0.811. The lowest BCUT2D eigenvalue weighted by Crippen LogP contribution is -2.39. The maximum Gasteiger partial charge on any atom is 0.251 e. The summed E-state index contributed by atoms with van der Waals surface area (Å²) in [4.78, 5) is 26.8. The largest absolute Gasteiger partial charge is 0.454 e. The van der Waals surface area contributed by atoms with E-state index in [1.54, 1.807) is 18.2 Å². The van der Waals surface area contributed by atoms with Crippen molar-refractivity contribution in [3.63, 3.8) is 0 Å². The Balaban J connectivity index is 1.38. The van der Waals surface area contributed by atoms with Gasteiger partial charge in [-0.2, -0.15) is 0 Å². The first-order chi connectivity index (χ1) is 12.7. The average Bonchev–Trinajstić information content (AvgIpc) is 3.35. The molecule has 0 aromatic heterocycles. The maximum atomic E-state index is 12.6. The number of carbonyl (C=O) groups excluding carboxylic acids is 2. The van der Waals surface area contributed by atoms with Crippen LogP contribution in [0.5, 0.6) is 11.5 Å². The zero-order valence-electron chi connectivity index (χ0n) is 14.3. The molecule has 0 saturated carbocycles. The molecule has 0 radical (unpaired) electrons. The number of hydrogen-bond acceptors (Lipinski definition) is 4. The van der Waals surface area contributed by atoms with Crippen molar-refractivity contribution in [2.75, 3.05) is 19.9 Å². The van der Waals surface area contributed by atoms with Crippen molar-refractivity contribution in [1.82, 2.24) is 10.2 Å². The highest BCUT2D eigenvalue weighted by Crippen LogP contribution is 2.33. The molecule has 0 spiro atoms. The third-order valence-electron chi connectivity index (χ3n) is 4.79. The number of ether oxygens (including phenoxy) is 2. The highest BCUT2D eigenvalue weighted by Gasteiger charge is 2.29. The third-order valence-corrected chi connectivity index (χ3v) is 4.79. The zero-order chi connectivity index (χ0) is 17.9. The number of rotatable bonds is 4. The summed E-state index contributed by atoms with van der Waals surface area (Å²) in [5, 5.41) is 2.71.